The van der Waals surface area contributed by atoms with E-state index in [0.717, 1.165) is 0 Å². The van der Waals surface area contributed by atoms with Crippen molar-refractivity contribution in [1.29, 1.82) is 0 Å². The number of aliphatic carboxylic acids is 1. The molecule has 2 heterocycles. The predicted molar refractivity (Wildman–Crippen MR) is 116 cm³/mol. The van der Waals surface area contributed by atoms with Crippen molar-refractivity contribution in [2.45, 2.75) is 25.2 Å². The summed E-state index contributed by atoms with van der Waals surface area (Å²) in [6.45, 7) is 0.136. The number of fused-ring (bicyclic) bond motifs is 1. The van der Waals surface area contributed by atoms with Crippen molar-refractivity contribution >= 4 is 23.8 Å². The smallest absolute Gasteiger partial charge is 0.334 e. The lowest BCUT2D eigenvalue weighted by Crippen LogP contribution is -2.76. The summed E-state index contributed by atoms with van der Waals surface area (Å²) in [6.07, 6.45) is 3.64. The molecule has 1 aromatic carbocycles. The van der Waals surface area contributed by atoms with Gasteiger partial charge in [0, 0.05) is 20.1 Å². The summed E-state index contributed by atoms with van der Waals surface area (Å²) in [7, 11) is 1.55. The molecule has 2 N–H and O–H groups in total. The molecule has 0 unspecified atom stereocenters. The highest BCUT2D eigenvalue weighted by atomic mass is 19.1. The van der Waals surface area contributed by atoms with Gasteiger partial charge >= 0.3 is 12.0 Å². The fourth-order valence-corrected chi connectivity index (χ4v) is 4.04. The minimum atomic E-state index is -1.27. The van der Waals surface area contributed by atoms with Crippen LogP contribution in [0.5, 0.6) is 0 Å². The molecule has 0 aliphatic carbocycles. The number of carbonyl (C=O) groups is 4. The number of rotatable bonds is 8. The summed E-state index contributed by atoms with van der Waals surface area (Å²) in [6, 6.07) is 3.80. The number of hydrogen-bond acceptors (Lipinski definition) is 6. The number of nitrogens with zero attached hydrogens (tertiary/aromatic N) is 4. The molecule has 11 nitrogen and oxygen atoms in total. The van der Waals surface area contributed by atoms with Gasteiger partial charge in [0.25, 0.3) is 0 Å². The second-order valence-corrected chi connectivity index (χ2v) is 7.88. The standard InChI is InChI=1S/C22H26FN5O6/c1-3-9-34-10-8-26-13-18-27(17(21(26)32)11-20(30)31)19(29)14-25(2)28(18)22(33)24-12-15-4-6-16(23)7-5-15/h1,4-7,17-18H,8-14H2,2H3,(H,24,33)(H,30,31)/t17-,18-/m0/s1. The van der Waals surface area contributed by atoms with Gasteiger partial charge in [0.2, 0.25) is 11.8 Å². The van der Waals surface area contributed by atoms with Crippen molar-refractivity contribution in [3.05, 3.63) is 35.6 Å². The van der Waals surface area contributed by atoms with E-state index in [0.29, 0.717) is 5.56 Å². The summed E-state index contributed by atoms with van der Waals surface area (Å²) in [4.78, 5) is 53.0. The van der Waals surface area contributed by atoms with Gasteiger partial charge in [-0.15, -0.1) is 6.42 Å². The van der Waals surface area contributed by atoms with Crippen LogP contribution in [0.25, 0.3) is 0 Å². The monoisotopic (exact) mass is 475 g/mol. The SMILES string of the molecule is C#CCOCCN1C[C@H]2N(C(=O)CN(C)N2C(=O)NCc2ccc(F)cc2)[C@@H](CC(=O)O)C1=O. The Hall–Kier alpha value is -3.69. The molecule has 4 amide bonds. The molecule has 12 heteroatoms. The first-order chi connectivity index (χ1) is 16.2. The highest BCUT2D eigenvalue weighted by Gasteiger charge is 2.51. The summed E-state index contributed by atoms with van der Waals surface area (Å²) >= 11 is 0. The lowest BCUT2D eigenvalue weighted by atomic mass is 10.0. The van der Waals surface area contributed by atoms with Crippen LogP contribution in [0.3, 0.4) is 0 Å². The Bertz CT molecular complexity index is 981. The number of terminal acetylenes is 1. The average Bonchev–Trinajstić information content (AvgIpc) is 2.78. The zero-order valence-corrected chi connectivity index (χ0v) is 18.6. The van der Waals surface area contributed by atoms with Crippen LogP contribution in [-0.4, -0.2) is 101 Å². The molecule has 2 aliphatic heterocycles. The number of carboxylic acid groups (broad SMARTS) is 1. The van der Waals surface area contributed by atoms with Crippen LogP contribution in [0.2, 0.25) is 0 Å². The Balaban J connectivity index is 1.82. The number of carbonyl (C=O) groups excluding carboxylic acids is 3. The average molecular weight is 475 g/mol. The Morgan fingerprint density at radius 1 is 1.29 bits per heavy atom. The van der Waals surface area contributed by atoms with Gasteiger partial charge in [-0.2, -0.15) is 0 Å². The van der Waals surface area contributed by atoms with Gasteiger partial charge in [-0.1, -0.05) is 18.1 Å². The molecule has 0 spiro atoms. The number of carboxylic acids is 1. The van der Waals surface area contributed by atoms with E-state index in [1.54, 1.807) is 7.05 Å². The van der Waals surface area contributed by atoms with Crippen molar-refractivity contribution in [2.75, 3.05) is 39.9 Å². The molecule has 34 heavy (non-hydrogen) atoms. The number of hydrogen-bond donors (Lipinski definition) is 2. The zero-order chi connectivity index (χ0) is 24.8. The van der Waals surface area contributed by atoms with E-state index in [1.165, 1.54) is 44.1 Å². The molecule has 2 atom stereocenters. The number of halogens is 1. The first kappa shape index (κ1) is 24.9. The van der Waals surface area contributed by atoms with Crippen molar-refractivity contribution in [3.63, 3.8) is 0 Å². The lowest BCUT2D eigenvalue weighted by molar-refractivity contribution is -0.188. The summed E-state index contributed by atoms with van der Waals surface area (Å²) in [5, 5.41) is 14.8. The topological polar surface area (TPSA) is 123 Å². The number of benzene rings is 1. The van der Waals surface area contributed by atoms with Gasteiger partial charge in [0.05, 0.1) is 26.1 Å². The van der Waals surface area contributed by atoms with Crippen LogP contribution < -0.4 is 5.32 Å². The van der Waals surface area contributed by atoms with Crippen LogP contribution in [0, 0.1) is 18.2 Å². The van der Waals surface area contributed by atoms with Gasteiger partial charge in [-0.3, -0.25) is 14.4 Å². The third-order valence-corrected chi connectivity index (χ3v) is 5.56. The number of urea groups is 1. The Labute approximate surface area is 196 Å². The Kier molecular flexibility index (Phi) is 8.04. The molecular formula is C22H26FN5O6. The number of ether oxygens (including phenoxy) is 1. The number of piperazine rings is 1. The molecule has 0 radical (unpaired) electrons. The predicted octanol–water partition coefficient (Wildman–Crippen LogP) is -0.312. The van der Waals surface area contributed by atoms with Gasteiger partial charge in [0.15, 0.2) is 0 Å². The summed E-state index contributed by atoms with van der Waals surface area (Å²) in [5.74, 6) is -0.328. The maximum absolute atomic E-state index is 13.1. The van der Waals surface area contributed by atoms with Crippen LogP contribution in [0.1, 0.15) is 12.0 Å². The van der Waals surface area contributed by atoms with Gasteiger partial charge in [-0.25, -0.2) is 19.2 Å². The van der Waals surface area contributed by atoms with Crippen LogP contribution in [0.15, 0.2) is 24.3 Å². The molecular weight excluding hydrogens is 449 g/mol. The first-order valence-electron chi connectivity index (χ1n) is 10.6. The van der Waals surface area contributed by atoms with E-state index in [1.807, 2.05) is 0 Å². The van der Waals surface area contributed by atoms with Crippen LogP contribution in [-0.2, 0) is 25.7 Å². The van der Waals surface area contributed by atoms with E-state index < -0.39 is 48.3 Å². The second kappa shape index (κ2) is 11.0. The van der Waals surface area contributed by atoms with E-state index in [-0.39, 0.29) is 39.4 Å². The molecule has 0 saturated carbocycles. The molecule has 2 saturated heterocycles. The van der Waals surface area contributed by atoms with Crippen molar-refractivity contribution in [3.8, 4) is 12.3 Å². The summed E-state index contributed by atoms with van der Waals surface area (Å²) < 4.78 is 18.4. The molecule has 2 aliphatic rings. The minimum Gasteiger partial charge on any atom is -0.481 e. The van der Waals surface area contributed by atoms with E-state index in [2.05, 4.69) is 11.2 Å². The van der Waals surface area contributed by atoms with Crippen molar-refractivity contribution in [1.82, 2.24) is 25.1 Å². The van der Waals surface area contributed by atoms with Crippen LogP contribution in [0.4, 0.5) is 9.18 Å². The third-order valence-electron chi connectivity index (χ3n) is 5.56. The molecule has 1 aromatic rings. The third kappa shape index (κ3) is 5.62. The molecule has 3 rings (SSSR count). The quantitative estimate of drug-likeness (QED) is 0.391. The fraction of sp³-hybridized carbons (Fsp3) is 0.455. The van der Waals surface area contributed by atoms with Gasteiger partial charge < -0.3 is 25.0 Å². The lowest BCUT2D eigenvalue weighted by Gasteiger charge is -2.54. The summed E-state index contributed by atoms with van der Waals surface area (Å²) in [5.41, 5.74) is 0.664. The largest absolute Gasteiger partial charge is 0.481 e. The van der Waals surface area contributed by atoms with E-state index in [9.17, 15) is 28.7 Å². The van der Waals surface area contributed by atoms with Gasteiger partial charge in [-0.05, 0) is 17.7 Å². The number of nitrogens with one attached hydrogen (secondary N) is 1. The van der Waals surface area contributed by atoms with E-state index >= 15 is 0 Å². The van der Waals surface area contributed by atoms with Gasteiger partial charge in [0.1, 0.15) is 24.6 Å². The normalized spacial score (nSPS) is 20.7. The maximum atomic E-state index is 13.1. The number of likely N-dealkylation sites (N-methyl/N-ethyl adjacent to an activating group) is 1. The fourth-order valence-electron chi connectivity index (χ4n) is 4.04. The molecule has 2 fully saturated rings. The van der Waals surface area contributed by atoms with Crippen LogP contribution >= 0.6 is 0 Å². The Morgan fingerprint density at radius 2 is 2.00 bits per heavy atom. The molecule has 182 valence electrons. The minimum absolute atomic E-state index is 0.0333. The zero-order valence-electron chi connectivity index (χ0n) is 18.6. The van der Waals surface area contributed by atoms with E-state index in [4.69, 9.17) is 11.2 Å². The molecule has 0 bridgehead atoms. The second-order valence-electron chi connectivity index (χ2n) is 7.88. The first-order valence-corrected chi connectivity index (χ1v) is 10.6. The molecule has 0 aromatic heterocycles. The maximum Gasteiger partial charge on any atom is 0.334 e. The van der Waals surface area contributed by atoms with Crippen molar-refractivity contribution in [2.24, 2.45) is 0 Å². The van der Waals surface area contributed by atoms with Crippen molar-refractivity contribution < 1.29 is 33.4 Å². The number of hydrazine groups is 1. The highest BCUT2D eigenvalue weighted by Crippen LogP contribution is 2.27. The number of amides is 4. The highest BCUT2D eigenvalue weighted by molar-refractivity contribution is 5.93. The Morgan fingerprint density at radius 3 is 2.65 bits per heavy atom.